The molecule has 1 spiro atoms. The summed E-state index contributed by atoms with van der Waals surface area (Å²) in [6.45, 7) is 5.24. The molecule has 4 amide bonds. The number of aliphatic hydroxyl groups excluding tert-OH is 2. The molecular formula is C56H57N5O11. The van der Waals surface area contributed by atoms with Gasteiger partial charge in [-0.1, -0.05) is 105 Å². The smallest absolute Gasteiger partial charge is 0.329 e. The van der Waals surface area contributed by atoms with Gasteiger partial charge in [-0.3, -0.25) is 19.3 Å². The summed E-state index contributed by atoms with van der Waals surface area (Å²) in [5.41, 5.74) is 1.46. The van der Waals surface area contributed by atoms with E-state index in [9.17, 15) is 15.0 Å². The molecule has 0 aromatic heterocycles. The number of cyclic esters (lactones) is 1. The predicted molar refractivity (Wildman–Crippen MR) is 267 cm³/mol. The summed E-state index contributed by atoms with van der Waals surface area (Å²) in [5, 5.41) is 25.7. The number of carbonyl (C=O) groups is 5. The number of nitrogens with one attached hydrogen (secondary N) is 2. The Bertz CT molecular complexity index is 2860. The number of esters is 2. The van der Waals surface area contributed by atoms with Crippen LogP contribution in [-0.2, 0) is 38.8 Å². The summed E-state index contributed by atoms with van der Waals surface area (Å²) < 4.78 is 23.6. The number of imide groups is 1. The molecule has 4 aliphatic heterocycles. The highest BCUT2D eigenvalue weighted by Gasteiger charge is 2.76. The molecule has 7 atom stereocenters. The molecule has 5 aromatic carbocycles. The summed E-state index contributed by atoms with van der Waals surface area (Å²) in [4.78, 5) is 81.8. The molecule has 16 heteroatoms. The lowest BCUT2D eigenvalue weighted by molar-refractivity contribution is -0.178. The number of carbonyl (C=O) groups excluding carboxylic acids is 5. The number of morpholine rings is 2. The van der Waals surface area contributed by atoms with Crippen LogP contribution in [0.15, 0.2) is 127 Å². The van der Waals surface area contributed by atoms with Gasteiger partial charge < -0.3 is 44.7 Å². The van der Waals surface area contributed by atoms with Crippen molar-refractivity contribution >= 4 is 46.8 Å². The van der Waals surface area contributed by atoms with Gasteiger partial charge in [-0.25, -0.2) is 14.5 Å². The van der Waals surface area contributed by atoms with E-state index < -0.39 is 77.3 Å². The zero-order valence-corrected chi connectivity index (χ0v) is 40.2. The first kappa shape index (κ1) is 49.4. The standard InChI is InChI=1S/C56H57N5O11/c1-35(2)46(52(65)69-3)58-55(68)60-43-26-21-36(14-12-13-29-62)34-42(43)56(54(60)67)45(51(64)57-39-22-24-40(25-23-39)59-27-31-70-32-28-59)48-53(66)72-49(38-17-8-5-9-18-38)47(37-15-6-4-7-16-37)61(48)50(56)41-19-10-11-20-44(41)71-33-30-63/h4-11,15-26,34-35,45-50,62-63H,13,27-33H2,1-3H3,(H,57,64)(H,58,68)/t45-,46+,47-,48-,49+,50+,56-/m1/s1. The van der Waals surface area contributed by atoms with Gasteiger partial charge >= 0.3 is 18.0 Å². The average molecular weight is 976 g/mol. The Balaban J connectivity index is 1.34. The van der Waals surface area contributed by atoms with E-state index in [1.807, 2.05) is 77.7 Å². The van der Waals surface area contributed by atoms with Crippen molar-refractivity contribution < 1.29 is 53.1 Å². The van der Waals surface area contributed by atoms with E-state index in [-0.39, 0.29) is 43.2 Å². The summed E-state index contributed by atoms with van der Waals surface area (Å²) in [5.74, 6) is 1.01. The van der Waals surface area contributed by atoms with Crippen LogP contribution in [0.25, 0.3) is 0 Å². The maximum Gasteiger partial charge on any atom is 0.329 e. The van der Waals surface area contributed by atoms with Crippen LogP contribution in [0, 0.1) is 23.7 Å². The minimum absolute atomic E-state index is 0.0769. The van der Waals surface area contributed by atoms with E-state index in [0.717, 1.165) is 10.6 Å². The SMILES string of the molecule is COC(=O)[C@@H](NC(=O)N1C(=O)[C@@]2(c3cc(C#CCCO)ccc31)[C@H](c1ccccc1OCCO)N1[C@H](c3ccccc3)[C@H](c3ccccc3)OC(=O)[C@H]1[C@@H]2C(=O)Nc1ccc(N2CCOCC2)cc1)C(C)C. The van der Waals surface area contributed by atoms with Gasteiger partial charge in [-0.05, 0) is 71.1 Å². The first-order chi connectivity index (χ1) is 35.0. The van der Waals surface area contributed by atoms with Crippen LogP contribution < -0.4 is 25.2 Å². The molecule has 372 valence electrons. The maximum absolute atomic E-state index is 16.8. The lowest BCUT2D eigenvalue weighted by Crippen LogP contribution is -2.57. The number of hydrogen-bond donors (Lipinski definition) is 4. The third-order valence-electron chi connectivity index (χ3n) is 13.9. The van der Waals surface area contributed by atoms with Crippen LogP contribution in [0.4, 0.5) is 21.9 Å². The number of fused-ring (bicyclic) bond motifs is 3. The van der Waals surface area contributed by atoms with Crippen molar-refractivity contribution in [3.63, 3.8) is 0 Å². The lowest BCUT2D eigenvalue weighted by atomic mass is 9.65. The fourth-order valence-electron chi connectivity index (χ4n) is 10.8. The number of rotatable bonds is 13. The molecule has 0 bridgehead atoms. The second-order valence-corrected chi connectivity index (χ2v) is 18.4. The molecule has 4 N–H and O–H groups in total. The topological polar surface area (TPSA) is 197 Å². The van der Waals surface area contributed by atoms with E-state index in [0.29, 0.717) is 54.2 Å². The summed E-state index contributed by atoms with van der Waals surface area (Å²) in [6.07, 6.45) is -0.857. The van der Waals surface area contributed by atoms with Crippen LogP contribution in [-0.4, -0.2) is 110 Å². The first-order valence-corrected chi connectivity index (χ1v) is 24.1. The van der Waals surface area contributed by atoms with Crippen LogP contribution in [0.5, 0.6) is 5.75 Å². The Hall–Kier alpha value is -7.55. The van der Waals surface area contributed by atoms with Crippen LogP contribution in [0.1, 0.15) is 66.3 Å². The van der Waals surface area contributed by atoms with Crippen molar-refractivity contribution in [2.45, 2.75) is 56.0 Å². The molecule has 16 nitrogen and oxygen atoms in total. The molecule has 9 rings (SSSR count). The number of urea groups is 1. The van der Waals surface area contributed by atoms with Gasteiger partial charge in [-0.15, -0.1) is 0 Å². The number of benzene rings is 5. The van der Waals surface area contributed by atoms with Gasteiger partial charge in [0.15, 0.2) is 0 Å². The highest BCUT2D eigenvalue weighted by molar-refractivity contribution is 6.25. The number of ether oxygens (including phenoxy) is 4. The zero-order valence-electron chi connectivity index (χ0n) is 40.2. The number of amides is 4. The molecule has 5 aromatic rings. The van der Waals surface area contributed by atoms with Crippen LogP contribution in [0.3, 0.4) is 0 Å². The number of anilines is 3. The first-order valence-electron chi connectivity index (χ1n) is 24.1. The van der Waals surface area contributed by atoms with Crippen molar-refractivity contribution in [2.24, 2.45) is 11.8 Å². The minimum Gasteiger partial charge on any atom is -0.491 e. The third kappa shape index (κ3) is 9.05. The largest absolute Gasteiger partial charge is 0.491 e. The quantitative estimate of drug-likeness (QED) is 0.0813. The highest BCUT2D eigenvalue weighted by atomic mass is 16.6. The van der Waals surface area contributed by atoms with Crippen molar-refractivity contribution in [3.8, 4) is 17.6 Å². The van der Waals surface area contributed by atoms with Crippen LogP contribution >= 0.6 is 0 Å². The van der Waals surface area contributed by atoms with Gasteiger partial charge in [-0.2, -0.15) is 0 Å². The van der Waals surface area contributed by atoms with Crippen molar-refractivity contribution in [3.05, 3.63) is 155 Å². The molecule has 0 saturated carbocycles. The van der Waals surface area contributed by atoms with E-state index >= 15 is 19.2 Å². The minimum atomic E-state index is -2.20. The molecule has 0 aliphatic carbocycles. The molecule has 4 aliphatic rings. The number of aliphatic hydroxyl groups is 2. The molecular weight excluding hydrogens is 919 g/mol. The molecule has 3 fully saturated rings. The molecule has 3 saturated heterocycles. The number of methoxy groups -OCH3 is 1. The van der Waals surface area contributed by atoms with Gasteiger partial charge in [0.2, 0.25) is 11.8 Å². The highest BCUT2D eigenvalue weighted by Crippen LogP contribution is 2.66. The second-order valence-electron chi connectivity index (χ2n) is 18.4. The van der Waals surface area contributed by atoms with Crippen molar-refractivity contribution in [1.82, 2.24) is 10.2 Å². The van der Waals surface area contributed by atoms with Crippen molar-refractivity contribution in [2.75, 3.05) is 68.4 Å². The Morgan fingerprint density at radius 1 is 0.833 bits per heavy atom. The average Bonchev–Trinajstić information content (AvgIpc) is 3.86. The fourth-order valence-corrected chi connectivity index (χ4v) is 10.8. The monoisotopic (exact) mass is 975 g/mol. The fraction of sp³-hybridized carbons (Fsp3) is 0.339. The normalized spacial score (nSPS) is 22.8. The van der Waals surface area contributed by atoms with Crippen LogP contribution in [0.2, 0.25) is 0 Å². The third-order valence-corrected chi connectivity index (χ3v) is 13.9. The van der Waals surface area contributed by atoms with E-state index in [2.05, 4.69) is 27.4 Å². The Morgan fingerprint density at radius 2 is 1.51 bits per heavy atom. The maximum atomic E-state index is 16.8. The van der Waals surface area contributed by atoms with Crippen molar-refractivity contribution in [1.29, 1.82) is 0 Å². The molecule has 72 heavy (non-hydrogen) atoms. The Morgan fingerprint density at radius 3 is 2.18 bits per heavy atom. The molecule has 4 heterocycles. The van der Waals surface area contributed by atoms with Gasteiger partial charge in [0.1, 0.15) is 36.0 Å². The van der Waals surface area contributed by atoms with E-state index in [4.69, 9.17) is 18.9 Å². The second kappa shape index (κ2) is 21.4. The lowest BCUT2D eigenvalue weighted by Gasteiger charge is -2.46. The Kier molecular flexibility index (Phi) is 14.7. The summed E-state index contributed by atoms with van der Waals surface area (Å²) in [7, 11) is 1.20. The summed E-state index contributed by atoms with van der Waals surface area (Å²) >= 11 is 0. The van der Waals surface area contributed by atoms with Gasteiger partial charge in [0.05, 0.1) is 57.2 Å². The number of nitrogens with zero attached hydrogens (tertiary/aromatic N) is 3. The van der Waals surface area contributed by atoms with E-state index in [1.54, 1.807) is 68.4 Å². The summed E-state index contributed by atoms with van der Waals surface area (Å²) in [6, 6.07) is 31.8. The Labute approximate surface area is 417 Å². The van der Waals surface area contributed by atoms with Gasteiger partial charge in [0.25, 0.3) is 0 Å². The predicted octanol–water partition coefficient (Wildman–Crippen LogP) is 5.84. The molecule has 0 radical (unpaired) electrons. The van der Waals surface area contributed by atoms with Gasteiger partial charge in [0, 0.05) is 42.0 Å². The number of para-hydroxylation sites is 1. The molecule has 0 unspecified atom stereocenters. The number of hydrogen-bond acceptors (Lipinski definition) is 13. The van der Waals surface area contributed by atoms with E-state index in [1.165, 1.54) is 7.11 Å². The zero-order chi connectivity index (χ0) is 50.5.